The van der Waals surface area contributed by atoms with Crippen LogP contribution in [0.25, 0.3) is 0 Å². The first-order valence-corrected chi connectivity index (χ1v) is 12.4. The van der Waals surface area contributed by atoms with Crippen molar-refractivity contribution in [3.8, 4) is 5.75 Å². The quantitative estimate of drug-likeness (QED) is 0.199. The minimum absolute atomic E-state index is 0.0496. The lowest BCUT2D eigenvalue weighted by atomic mass is 9.76. The van der Waals surface area contributed by atoms with Gasteiger partial charge in [-0.3, -0.25) is 34.2 Å². The van der Waals surface area contributed by atoms with Crippen LogP contribution >= 0.6 is 0 Å². The number of carbonyl (C=O) groups is 4. The van der Waals surface area contributed by atoms with Crippen molar-refractivity contribution in [1.29, 1.82) is 0 Å². The number of fused-ring (bicyclic) bond motifs is 1. The predicted molar refractivity (Wildman–Crippen MR) is 133 cm³/mol. The van der Waals surface area contributed by atoms with E-state index in [1.54, 1.807) is 31.2 Å². The van der Waals surface area contributed by atoms with Crippen molar-refractivity contribution < 1.29 is 28.8 Å². The third-order valence-electron chi connectivity index (χ3n) is 7.66. The lowest BCUT2D eigenvalue weighted by Gasteiger charge is -2.25. The maximum absolute atomic E-state index is 12.9. The van der Waals surface area contributed by atoms with E-state index in [1.165, 1.54) is 28.0 Å². The zero-order valence-electron chi connectivity index (χ0n) is 20.6. The maximum Gasteiger partial charge on any atom is 0.316 e. The Bertz CT molecular complexity index is 1310. The molecule has 10 heteroatoms. The molecule has 5 rings (SSSR count). The number of carbonyl (C=O) groups excluding carboxylic acids is 4. The van der Waals surface area contributed by atoms with Gasteiger partial charge >= 0.3 is 5.97 Å². The standard InChI is InChI=1S/C27H27N3O7/c1-15-3-10-21-22(11-15)26(33)29(25(21)32)18-6-8-20(9-7-18)37-27(34)17-12-24(31)28(14-17)19-5-4-16(2)23(13-19)30(35)36/h4-9,13,15,17,21-22H,3,10-12,14H2,1-2H3/t15-,17+,21+,22+/m0/s1. The molecule has 2 saturated heterocycles. The molecule has 2 aliphatic heterocycles. The number of nitro benzene ring substituents is 1. The highest BCUT2D eigenvalue weighted by Crippen LogP contribution is 2.42. The first-order valence-electron chi connectivity index (χ1n) is 12.4. The smallest absolute Gasteiger partial charge is 0.316 e. The van der Waals surface area contributed by atoms with E-state index >= 15 is 0 Å². The Labute approximate surface area is 213 Å². The summed E-state index contributed by atoms with van der Waals surface area (Å²) in [5, 5.41) is 11.3. The van der Waals surface area contributed by atoms with E-state index in [9.17, 15) is 29.3 Å². The van der Waals surface area contributed by atoms with Gasteiger partial charge in [0.05, 0.1) is 34.1 Å². The number of benzene rings is 2. The zero-order chi connectivity index (χ0) is 26.4. The minimum atomic E-state index is -0.737. The number of esters is 1. The maximum atomic E-state index is 12.9. The predicted octanol–water partition coefficient (Wildman–Crippen LogP) is 3.79. The topological polar surface area (TPSA) is 127 Å². The highest BCUT2D eigenvalue weighted by Gasteiger charge is 2.50. The molecule has 3 aliphatic rings. The Morgan fingerprint density at radius 3 is 2.38 bits per heavy atom. The number of anilines is 2. The number of nitrogens with zero attached hydrogens (tertiary/aromatic N) is 3. The fourth-order valence-corrected chi connectivity index (χ4v) is 5.58. The van der Waals surface area contributed by atoms with Crippen LogP contribution < -0.4 is 14.5 Å². The number of ether oxygens (including phenoxy) is 1. The second kappa shape index (κ2) is 9.42. The molecule has 0 bridgehead atoms. The minimum Gasteiger partial charge on any atom is -0.426 e. The molecule has 10 nitrogen and oxygen atoms in total. The van der Waals surface area contributed by atoms with E-state index in [4.69, 9.17) is 4.74 Å². The van der Waals surface area contributed by atoms with E-state index in [-0.39, 0.29) is 54.0 Å². The fourth-order valence-electron chi connectivity index (χ4n) is 5.58. The van der Waals surface area contributed by atoms with Gasteiger partial charge in [-0.25, -0.2) is 0 Å². The Morgan fingerprint density at radius 1 is 1.00 bits per heavy atom. The van der Waals surface area contributed by atoms with Crippen molar-refractivity contribution in [1.82, 2.24) is 0 Å². The Morgan fingerprint density at radius 2 is 1.68 bits per heavy atom. The fraction of sp³-hybridized carbons (Fsp3) is 0.407. The average molecular weight is 506 g/mol. The van der Waals surface area contributed by atoms with Gasteiger partial charge in [0.15, 0.2) is 0 Å². The van der Waals surface area contributed by atoms with Gasteiger partial charge in [0.2, 0.25) is 17.7 Å². The first-order chi connectivity index (χ1) is 17.6. The van der Waals surface area contributed by atoms with Crippen molar-refractivity contribution >= 4 is 40.8 Å². The molecular weight excluding hydrogens is 478 g/mol. The second-order valence-corrected chi connectivity index (χ2v) is 10.2. The lowest BCUT2D eigenvalue weighted by Crippen LogP contribution is -2.30. The zero-order valence-corrected chi connectivity index (χ0v) is 20.6. The molecule has 2 aromatic carbocycles. The van der Waals surface area contributed by atoms with Gasteiger partial charge < -0.3 is 9.64 Å². The normalized spacial score (nSPS) is 25.4. The van der Waals surface area contributed by atoms with E-state index in [0.29, 0.717) is 29.3 Å². The van der Waals surface area contributed by atoms with Crippen LogP contribution in [0.2, 0.25) is 0 Å². The van der Waals surface area contributed by atoms with Gasteiger partial charge in [-0.15, -0.1) is 0 Å². The second-order valence-electron chi connectivity index (χ2n) is 10.2. The number of hydrogen-bond donors (Lipinski definition) is 0. The molecule has 4 atom stereocenters. The summed E-state index contributed by atoms with van der Waals surface area (Å²) in [6.07, 6.45) is 2.30. The van der Waals surface area contributed by atoms with Crippen LogP contribution in [0.1, 0.15) is 38.2 Å². The van der Waals surface area contributed by atoms with Gasteiger partial charge in [0.25, 0.3) is 5.69 Å². The van der Waals surface area contributed by atoms with Crippen LogP contribution in [0.3, 0.4) is 0 Å². The van der Waals surface area contributed by atoms with Gasteiger partial charge in [-0.05, 0) is 62.4 Å². The molecule has 1 aliphatic carbocycles. The average Bonchev–Trinajstić information content (AvgIpc) is 3.37. The monoisotopic (exact) mass is 505 g/mol. The van der Waals surface area contributed by atoms with Crippen molar-refractivity contribution in [2.45, 2.75) is 39.5 Å². The van der Waals surface area contributed by atoms with Crippen molar-refractivity contribution in [2.75, 3.05) is 16.3 Å². The Balaban J connectivity index is 1.25. The summed E-state index contributed by atoms with van der Waals surface area (Å²) in [7, 11) is 0. The molecule has 2 heterocycles. The van der Waals surface area contributed by atoms with E-state index in [1.807, 2.05) is 0 Å². The number of nitro groups is 1. The summed E-state index contributed by atoms with van der Waals surface area (Å²) in [4.78, 5) is 64.5. The molecule has 192 valence electrons. The highest BCUT2D eigenvalue weighted by molar-refractivity contribution is 6.22. The van der Waals surface area contributed by atoms with Gasteiger partial charge in [0, 0.05) is 24.6 Å². The van der Waals surface area contributed by atoms with Crippen LogP contribution in [0, 0.1) is 40.7 Å². The van der Waals surface area contributed by atoms with Crippen LogP contribution in [0.5, 0.6) is 5.75 Å². The number of imide groups is 1. The highest BCUT2D eigenvalue weighted by atomic mass is 16.6. The van der Waals surface area contributed by atoms with Crippen molar-refractivity contribution in [3.63, 3.8) is 0 Å². The first kappa shape index (κ1) is 24.6. The van der Waals surface area contributed by atoms with Crippen molar-refractivity contribution in [3.05, 3.63) is 58.1 Å². The number of aryl methyl sites for hydroxylation is 1. The van der Waals surface area contributed by atoms with E-state index in [2.05, 4.69) is 6.92 Å². The van der Waals surface area contributed by atoms with Crippen LogP contribution in [-0.4, -0.2) is 35.2 Å². The third-order valence-corrected chi connectivity index (χ3v) is 7.66. The number of amides is 3. The van der Waals surface area contributed by atoms with Gasteiger partial charge in [0.1, 0.15) is 5.75 Å². The molecule has 0 radical (unpaired) electrons. The summed E-state index contributed by atoms with van der Waals surface area (Å²) < 4.78 is 5.48. The van der Waals surface area contributed by atoms with Gasteiger partial charge in [-0.1, -0.05) is 13.0 Å². The molecular formula is C27H27N3O7. The summed E-state index contributed by atoms with van der Waals surface area (Å²) in [5.74, 6) is -1.89. The molecule has 0 N–H and O–H groups in total. The number of hydrogen-bond acceptors (Lipinski definition) is 7. The molecule has 37 heavy (non-hydrogen) atoms. The summed E-state index contributed by atoms with van der Waals surface area (Å²) >= 11 is 0. The van der Waals surface area contributed by atoms with Crippen LogP contribution in [-0.2, 0) is 19.2 Å². The molecule has 1 saturated carbocycles. The van der Waals surface area contributed by atoms with Gasteiger partial charge in [-0.2, -0.15) is 0 Å². The summed E-state index contributed by atoms with van der Waals surface area (Å²) in [5.41, 5.74) is 1.18. The Kier molecular flexibility index (Phi) is 6.26. The Hall–Kier alpha value is -4.08. The molecule has 0 unspecified atom stereocenters. The largest absolute Gasteiger partial charge is 0.426 e. The summed E-state index contributed by atoms with van der Waals surface area (Å²) in [6, 6.07) is 10.7. The van der Waals surface area contributed by atoms with E-state index in [0.717, 1.165) is 12.8 Å². The molecule has 3 fully saturated rings. The summed E-state index contributed by atoms with van der Waals surface area (Å²) in [6.45, 7) is 3.76. The van der Waals surface area contributed by atoms with Crippen LogP contribution in [0.15, 0.2) is 42.5 Å². The molecule has 0 spiro atoms. The molecule has 3 amide bonds. The van der Waals surface area contributed by atoms with Crippen molar-refractivity contribution in [2.24, 2.45) is 23.7 Å². The van der Waals surface area contributed by atoms with E-state index < -0.39 is 16.8 Å². The lowest BCUT2D eigenvalue weighted by molar-refractivity contribution is -0.385. The molecule has 0 aromatic heterocycles. The number of rotatable bonds is 5. The SMILES string of the molecule is Cc1ccc(N2C[C@H](C(=O)Oc3ccc(N4C(=O)[C@@H]5CC[C@H](C)C[C@H]5C4=O)cc3)CC2=O)cc1[N+](=O)[O-]. The molecule has 2 aromatic rings. The third kappa shape index (κ3) is 4.47. The van der Waals surface area contributed by atoms with Crippen LogP contribution in [0.4, 0.5) is 17.1 Å².